The van der Waals surface area contributed by atoms with Gasteiger partial charge in [0.25, 0.3) is 0 Å². The first-order chi connectivity index (χ1) is 5.41. The molecular weight excluding hydrogens is 232 g/mol. The Labute approximate surface area is 91.5 Å². The number of hydrogen-bond acceptors (Lipinski definition) is 1. The smallest absolute Gasteiger partial charge is 0.0466 e. The van der Waals surface area contributed by atoms with Gasteiger partial charge in [-0.05, 0) is 12.8 Å². The molecule has 12 heavy (non-hydrogen) atoms. The zero-order chi connectivity index (χ0) is 8.36. The zero-order valence-electron chi connectivity index (χ0n) is 8.47. The van der Waals surface area contributed by atoms with Crippen LogP contribution in [0.15, 0.2) is 0 Å². The second-order valence-electron chi connectivity index (χ2n) is 3.03. The molecule has 0 saturated carbocycles. The van der Waals surface area contributed by atoms with Crippen LogP contribution in [-0.4, -0.2) is 13.2 Å². The summed E-state index contributed by atoms with van der Waals surface area (Å²) in [6.07, 6.45) is 7.68. The second-order valence-corrected chi connectivity index (χ2v) is 3.03. The molecule has 1 nitrogen and oxygen atoms in total. The van der Waals surface area contributed by atoms with Gasteiger partial charge in [-0.1, -0.05) is 39.5 Å². The van der Waals surface area contributed by atoms with Crippen molar-refractivity contribution in [2.24, 2.45) is 0 Å². The predicted molar refractivity (Wildman–Crippen MR) is 49.9 cm³/mol. The van der Waals surface area contributed by atoms with Crippen molar-refractivity contribution < 1.29 is 25.8 Å². The second kappa shape index (κ2) is 14.2. The molecule has 0 atom stereocenters. The molecule has 0 aromatic heterocycles. The minimum absolute atomic E-state index is 0. The quantitative estimate of drug-likeness (QED) is 0.476. The summed E-state index contributed by atoms with van der Waals surface area (Å²) in [6, 6.07) is 0. The maximum atomic E-state index is 5.44. The van der Waals surface area contributed by atoms with Crippen molar-refractivity contribution in [2.75, 3.05) is 13.2 Å². The Morgan fingerprint density at radius 1 is 0.750 bits per heavy atom. The van der Waals surface area contributed by atoms with Crippen molar-refractivity contribution >= 4 is 0 Å². The van der Waals surface area contributed by atoms with Crippen molar-refractivity contribution in [3.05, 3.63) is 0 Å². The van der Waals surface area contributed by atoms with Gasteiger partial charge in [-0.15, -0.1) is 0 Å². The van der Waals surface area contributed by atoms with Crippen molar-refractivity contribution in [2.45, 2.75) is 52.4 Å². The summed E-state index contributed by atoms with van der Waals surface area (Å²) < 4.78 is 5.44. The molecule has 0 rings (SSSR count). The molecule has 0 spiro atoms. The number of rotatable bonds is 8. The summed E-state index contributed by atoms with van der Waals surface area (Å²) in [6.45, 7) is 6.38. The van der Waals surface area contributed by atoms with Crippen molar-refractivity contribution in [1.82, 2.24) is 0 Å². The van der Waals surface area contributed by atoms with Gasteiger partial charge in [0.15, 0.2) is 0 Å². The predicted octanol–water partition coefficient (Wildman–Crippen LogP) is 3.38. The standard InChI is InChI=1S/C10H22O.Mo/c1-3-5-7-9-11-10-8-6-4-2;/h3-10H2,1-2H3;. The fourth-order valence-corrected chi connectivity index (χ4v) is 1.01. The van der Waals surface area contributed by atoms with Gasteiger partial charge in [0.05, 0.1) is 0 Å². The van der Waals surface area contributed by atoms with Gasteiger partial charge in [-0.3, -0.25) is 0 Å². The van der Waals surface area contributed by atoms with Crippen LogP contribution in [0.25, 0.3) is 0 Å². The molecule has 0 aliphatic rings. The van der Waals surface area contributed by atoms with Crippen LogP contribution in [0, 0.1) is 0 Å². The van der Waals surface area contributed by atoms with Crippen LogP contribution >= 0.6 is 0 Å². The van der Waals surface area contributed by atoms with Gasteiger partial charge in [-0.2, -0.15) is 0 Å². The molecule has 0 bridgehead atoms. The van der Waals surface area contributed by atoms with E-state index in [1.807, 2.05) is 0 Å². The summed E-state index contributed by atoms with van der Waals surface area (Å²) in [7, 11) is 0. The van der Waals surface area contributed by atoms with Gasteiger partial charge in [0, 0.05) is 34.3 Å². The molecule has 0 aliphatic carbocycles. The van der Waals surface area contributed by atoms with E-state index in [1.165, 1.54) is 38.5 Å². The first-order valence-corrected chi connectivity index (χ1v) is 4.99. The van der Waals surface area contributed by atoms with E-state index >= 15 is 0 Å². The molecule has 0 fully saturated rings. The first-order valence-electron chi connectivity index (χ1n) is 4.99. The van der Waals surface area contributed by atoms with Crippen molar-refractivity contribution in [1.29, 1.82) is 0 Å². The summed E-state index contributed by atoms with van der Waals surface area (Å²) in [5.41, 5.74) is 0. The summed E-state index contributed by atoms with van der Waals surface area (Å²) in [4.78, 5) is 0. The molecule has 0 aliphatic heterocycles. The van der Waals surface area contributed by atoms with Gasteiger partial charge in [0.2, 0.25) is 0 Å². The minimum atomic E-state index is 0. The molecule has 0 radical (unpaired) electrons. The van der Waals surface area contributed by atoms with Crippen LogP contribution in [0.5, 0.6) is 0 Å². The largest absolute Gasteiger partial charge is 0.381 e. The third-order valence-electron chi connectivity index (χ3n) is 1.78. The SMILES string of the molecule is CCCCCOCCCCC.[Mo]. The Morgan fingerprint density at radius 3 is 1.50 bits per heavy atom. The monoisotopic (exact) mass is 256 g/mol. The topological polar surface area (TPSA) is 9.23 Å². The molecule has 0 saturated heterocycles. The van der Waals surface area contributed by atoms with Crippen LogP contribution < -0.4 is 0 Å². The Bertz CT molecular complexity index is 58.9. The van der Waals surface area contributed by atoms with E-state index in [-0.39, 0.29) is 21.1 Å². The Balaban J connectivity index is 0. The van der Waals surface area contributed by atoms with Crippen molar-refractivity contribution in [3.63, 3.8) is 0 Å². The molecule has 0 aromatic carbocycles. The third kappa shape index (κ3) is 13.3. The van der Waals surface area contributed by atoms with E-state index < -0.39 is 0 Å². The van der Waals surface area contributed by atoms with Crippen LogP contribution in [0.2, 0.25) is 0 Å². The molecule has 74 valence electrons. The third-order valence-corrected chi connectivity index (χ3v) is 1.78. The molecule has 0 N–H and O–H groups in total. The molecular formula is C10H22MoO. The molecule has 2 heteroatoms. The van der Waals surface area contributed by atoms with Crippen LogP contribution in [0.1, 0.15) is 52.4 Å². The normalized spacial score (nSPS) is 9.50. The van der Waals surface area contributed by atoms with E-state index in [0.29, 0.717) is 0 Å². The fourth-order valence-electron chi connectivity index (χ4n) is 1.01. The van der Waals surface area contributed by atoms with E-state index in [1.54, 1.807) is 0 Å². The van der Waals surface area contributed by atoms with E-state index in [0.717, 1.165) is 13.2 Å². The molecule has 0 heterocycles. The fraction of sp³-hybridized carbons (Fsp3) is 1.00. The maximum absolute atomic E-state index is 5.44. The van der Waals surface area contributed by atoms with E-state index in [4.69, 9.17) is 4.74 Å². The average Bonchev–Trinajstić information content (AvgIpc) is 2.03. The minimum Gasteiger partial charge on any atom is -0.381 e. The van der Waals surface area contributed by atoms with Crippen molar-refractivity contribution in [3.8, 4) is 0 Å². The van der Waals surface area contributed by atoms with Crippen LogP contribution in [0.3, 0.4) is 0 Å². The Hall–Kier alpha value is 0.648. The van der Waals surface area contributed by atoms with Crippen LogP contribution in [0.4, 0.5) is 0 Å². The van der Waals surface area contributed by atoms with E-state index in [9.17, 15) is 0 Å². The van der Waals surface area contributed by atoms with Gasteiger partial charge >= 0.3 is 0 Å². The Morgan fingerprint density at radius 2 is 1.17 bits per heavy atom. The molecule has 0 amide bonds. The van der Waals surface area contributed by atoms with Gasteiger partial charge in [0.1, 0.15) is 0 Å². The Kier molecular flexibility index (Phi) is 17.9. The number of hydrogen-bond donors (Lipinski definition) is 0. The summed E-state index contributed by atoms with van der Waals surface area (Å²) >= 11 is 0. The zero-order valence-corrected chi connectivity index (χ0v) is 10.5. The summed E-state index contributed by atoms with van der Waals surface area (Å²) in [5, 5.41) is 0. The number of ether oxygens (including phenoxy) is 1. The molecule has 0 aromatic rings. The molecule has 0 unspecified atom stereocenters. The average molecular weight is 254 g/mol. The van der Waals surface area contributed by atoms with Crippen LogP contribution in [-0.2, 0) is 25.8 Å². The number of unbranched alkanes of at least 4 members (excludes halogenated alkanes) is 4. The first kappa shape index (κ1) is 15.1. The summed E-state index contributed by atoms with van der Waals surface area (Å²) in [5.74, 6) is 0. The van der Waals surface area contributed by atoms with E-state index in [2.05, 4.69) is 13.8 Å². The van der Waals surface area contributed by atoms with Gasteiger partial charge in [-0.25, -0.2) is 0 Å². The van der Waals surface area contributed by atoms with Gasteiger partial charge < -0.3 is 4.74 Å². The maximum Gasteiger partial charge on any atom is 0.0466 e.